The highest BCUT2D eigenvalue weighted by Gasteiger charge is 2.01. The molecule has 0 aromatic carbocycles. The van der Waals surface area contributed by atoms with E-state index in [9.17, 15) is 4.79 Å². The first-order valence-corrected chi connectivity index (χ1v) is 2.56. The van der Waals surface area contributed by atoms with Gasteiger partial charge in [0.05, 0.1) is 6.42 Å². The van der Waals surface area contributed by atoms with Crippen LogP contribution in [0.15, 0.2) is 4.52 Å². The molecular weight excluding hydrogens is 120 g/mol. The van der Waals surface area contributed by atoms with Crippen molar-refractivity contribution in [1.29, 1.82) is 0 Å². The maximum Gasteiger partial charge on any atom is 0.157 e. The molecule has 0 aliphatic carbocycles. The molecule has 0 N–H and O–H groups in total. The summed E-state index contributed by atoms with van der Waals surface area (Å²) in [6.07, 6.45) is 1.06. The fourth-order valence-corrected chi connectivity index (χ4v) is 0.518. The lowest BCUT2D eigenvalue weighted by Crippen LogP contribution is -1.87. The quantitative estimate of drug-likeness (QED) is 0.528. The smallest absolute Gasteiger partial charge is 0.157 e. The second-order valence-corrected chi connectivity index (χ2v) is 1.65. The molecular formula is C5H6N2O2. The van der Waals surface area contributed by atoms with Crippen LogP contribution in [0.1, 0.15) is 11.5 Å². The predicted octanol–water partition coefficient (Wildman–Crippen LogP) is 0.119. The Morgan fingerprint density at radius 1 is 1.78 bits per heavy atom. The normalized spacial score (nSPS) is 9.44. The molecule has 4 heteroatoms. The van der Waals surface area contributed by atoms with E-state index in [0.29, 0.717) is 11.5 Å². The molecule has 0 atom stereocenters. The highest BCUT2D eigenvalue weighted by atomic mass is 16.5. The van der Waals surface area contributed by atoms with Crippen LogP contribution < -0.4 is 0 Å². The van der Waals surface area contributed by atoms with Crippen molar-refractivity contribution in [3.8, 4) is 0 Å². The monoisotopic (exact) mass is 126 g/mol. The van der Waals surface area contributed by atoms with Crippen molar-refractivity contribution in [2.75, 3.05) is 0 Å². The Bertz CT molecular complexity index is 206. The molecule has 0 unspecified atom stereocenters. The van der Waals surface area contributed by atoms with Crippen LogP contribution in [0.25, 0.3) is 0 Å². The van der Waals surface area contributed by atoms with Gasteiger partial charge in [0.1, 0.15) is 12.0 Å². The minimum absolute atomic E-state index is 0.287. The number of carbonyl (C=O) groups excluding carboxylic acids is 1. The number of aryl methyl sites for hydroxylation is 1. The van der Waals surface area contributed by atoms with Crippen molar-refractivity contribution in [3.05, 3.63) is 11.5 Å². The van der Waals surface area contributed by atoms with Crippen LogP contribution in [0.5, 0.6) is 0 Å². The van der Waals surface area contributed by atoms with Crippen LogP contribution >= 0.6 is 0 Å². The Morgan fingerprint density at radius 3 is 3.00 bits per heavy atom. The van der Waals surface area contributed by atoms with Gasteiger partial charge in [0.2, 0.25) is 0 Å². The molecule has 4 nitrogen and oxygen atoms in total. The molecule has 9 heavy (non-hydrogen) atoms. The van der Waals surface area contributed by atoms with E-state index in [1.807, 2.05) is 0 Å². The molecule has 0 amide bonds. The molecule has 1 aromatic rings. The zero-order chi connectivity index (χ0) is 6.69. The standard InChI is InChI=1S/C5H6N2O2/c1-4-5(2-3-8)6-7-9-4/h3H,2H2,1H3. The van der Waals surface area contributed by atoms with E-state index in [1.54, 1.807) is 6.92 Å². The van der Waals surface area contributed by atoms with Gasteiger partial charge in [-0.05, 0) is 6.92 Å². The van der Waals surface area contributed by atoms with E-state index in [1.165, 1.54) is 0 Å². The van der Waals surface area contributed by atoms with Crippen molar-refractivity contribution in [3.63, 3.8) is 0 Å². The molecule has 1 rings (SSSR count). The fourth-order valence-electron chi connectivity index (χ4n) is 0.518. The first-order chi connectivity index (χ1) is 4.34. The first kappa shape index (κ1) is 5.94. The van der Waals surface area contributed by atoms with E-state index in [4.69, 9.17) is 0 Å². The molecule has 48 valence electrons. The molecule has 0 aliphatic rings. The van der Waals surface area contributed by atoms with Gasteiger partial charge in [0.15, 0.2) is 5.76 Å². The second-order valence-electron chi connectivity index (χ2n) is 1.65. The third kappa shape index (κ3) is 1.13. The Morgan fingerprint density at radius 2 is 2.56 bits per heavy atom. The second kappa shape index (κ2) is 2.39. The van der Waals surface area contributed by atoms with Crippen LogP contribution in [-0.4, -0.2) is 16.7 Å². The zero-order valence-corrected chi connectivity index (χ0v) is 5.00. The maximum atomic E-state index is 9.91. The predicted molar refractivity (Wildman–Crippen MR) is 28.8 cm³/mol. The van der Waals surface area contributed by atoms with Crippen LogP contribution in [0.2, 0.25) is 0 Å². The van der Waals surface area contributed by atoms with E-state index in [2.05, 4.69) is 14.9 Å². The largest absolute Gasteiger partial charge is 0.342 e. The van der Waals surface area contributed by atoms with Crippen molar-refractivity contribution in [2.45, 2.75) is 13.3 Å². The number of aromatic nitrogens is 2. The van der Waals surface area contributed by atoms with Gasteiger partial charge in [0, 0.05) is 5.27 Å². The fraction of sp³-hybridized carbons (Fsp3) is 0.400. The van der Waals surface area contributed by atoms with Gasteiger partial charge in [-0.15, -0.1) is 5.10 Å². The molecule has 0 saturated heterocycles. The van der Waals surface area contributed by atoms with Crippen molar-refractivity contribution in [1.82, 2.24) is 10.4 Å². The summed E-state index contributed by atoms with van der Waals surface area (Å²) in [6.45, 7) is 1.72. The molecule has 0 bridgehead atoms. The lowest BCUT2D eigenvalue weighted by atomic mass is 10.3. The van der Waals surface area contributed by atoms with E-state index in [0.717, 1.165) is 6.29 Å². The van der Waals surface area contributed by atoms with E-state index in [-0.39, 0.29) is 6.42 Å². The molecule has 1 heterocycles. The minimum atomic E-state index is 0.287. The lowest BCUT2D eigenvalue weighted by Gasteiger charge is -1.80. The highest BCUT2D eigenvalue weighted by molar-refractivity contribution is 5.53. The van der Waals surface area contributed by atoms with Crippen LogP contribution in [0, 0.1) is 6.92 Å². The first-order valence-electron chi connectivity index (χ1n) is 2.56. The molecule has 0 aliphatic heterocycles. The molecule has 1 aromatic heterocycles. The zero-order valence-electron chi connectivity index (χ0n) is 5.00. The van der Waals surface area contributed by atoms with Gasteiger partial charge in [0.25, 0.3) is 0 Å². The summed E-state index contributed by atoms with van der Waals surface area (Å²) in [6, 6.07) is 0. The summed E-state index contributed by atoms with van der Waals surface area (Å²) in [5.41, 5.74) is 0.616. The van der Waals surface area contributed by atoms with Gasteiger partial charge in [-0.2, -0.15) is 0 Å². The highest BCUT2D eigenvalue weighted by Crippen LogP contribution is 1.99. The van der Waals surface area contributed by atoms with Crippen LogP contribution in [-0.2, 0) is 11.2 Å². The van der Waals surface area contributed by atoms with E-state index >= 15 is 0 Å². The molecule has 0 saturated carbocycles. The maximum absolute atomic E-state index is 9.91. The average molecular weight is 126 g/mol. The summed E-state index contributed by atoms with van der Waals surface area (Å²) in [4.78, 5) is 9.91. The molecule has 0 fully saturated rings. The summed E-state index contributed by atoms with van der Waals surface area (Å²) < 4.78 is 4.60. The minimum Gasteiger partial charge on any atom is -0.342 e. The number of nitrogens with zero attached hydrogens (tertiary/aromatic N) is 2. The number of aldehydes is 1. The number of rotatable bonds is 2. The SMILES string of the molecule is Cc1onnc1CC=O. The summed E-state index contributed by atoms with van der Waals surface area (Å²) >= 11 is 0. The summed E-state index contributed by atoms with van der Waals surface area (Å²) in [7, 11) is 0. The van der Waals surface area contributed by atoms with Crippen molar-refractivity contribution in [2.24, 2.45) is 0 Å². The van der Waals surface area contributed by atoms with Crippen molar-refractivity contribution < 1.29 is 9.32 Å². The van der Waals surface area contributed by atoms with Crippen molar-refractivity contribution >= 4 is 6.29 Å². The topological polar surface area (TPSA) is 56.0 Å². The Hall–Kier alpha value is -1.19. The van der Waals surface area contributed by atoms with Crippen LogP contribution in [0.3, 0.4) is 0 Å². The lowest BCUT2D eigenvalue weighted by molar-refractivity contribution is -0.107. The Labute approximate surface area is 51.8 Å². The average Bonchev–Trinajstić information content (AvgIpc) is 2.18. The van der Waals surface area contributed by atoms with E-state index < -0.39 is 0 Å². The number of carbonyl (C=O) groups is 1. The van der Waals surface area contributed by atoms with Gasteiger partial charge < -0.3 is 9.32 Å². The molecule has 0 spiro atoms. The van der Waals surface area contributed by atoms with Gasteiger partial charge in [-0.3, -0.25) is 0 Å². The van der Waals surface area contributed by atoms with Crippen LogP contribution in [0.4, 0.5) is 0 Å². The van der Waals surface area contributed by atoms with Gasteiger partial charge in [-0.1, -0.05) is 0 Å². The Balaban J connectivity index is 2.80. The third-order valence-corrected chi connectivity index (χ3v) is 1.02. The Kier molecular flexibility index (Phi) is 1.58. The number of hydrogen-bond donors (Lipinski definition) is 0. The summed E-state index contributed by atoms with van der Waals surface area (Å²) in [5.74, 6) is 0.613. The number of hydrogen-bond acceptors (Lipinski definition) is 4. The molecule has 0 radical (unpaired) electrons. The van der Waals surface area contributed by atoms with Gasteiger partial charge >= 0.3 is 0 Å². The summed E-state index contributed by atoms with van der Waals surface area (Å²) in [5, 5.41) is 6.81. The van der Waals surface area contributed by atoms with Gasteiger partial charge in [-0.25, -0.2) is 0 Å². The third-order valence-electron chi connectivity index (χ3n) is 1.02.